The summed E-state index contributed by atoms with van der Waals surface area (Å²) >= 11 is 0. The average molecular weight is 284 g/mol. The van der Waals surface area contributed by atoms with Gasteiger partial charge in [0.2, 0.25) is 0 Å². The number of hydrogen-bond acceptors (Lipinski definition) is 3. The van der Waals surface area contributed by atoms with Gasteiger partial charge in [0.1, 0.15) is 17.6 Å². The molecule has 3 nitrogen and oxygen atoms in total. The van der Waals surface area contributed by atoms with Crippen LogP contribution in [0.2, 0.25) is 0 Å². The zero-order valence-corrected chi connectivity index (χ0v) is 13.2. The molecule has 0 radical (unpaired) electrons. The number of anilines is 1. The lowest BCUT2D eigenvalue weighted by Crippen LogP contribution is -2.32. The molecule has 1 unspecified atom stereocenters. The van der Waals surface area contributed by atoms with Crippen molar-refractivity contribution in [3.8, 4) is 0 Å². The van der Waals surface area contributed by atoms with Crippen LogP contribution in [0.5, 0.6) is 0 Å². The van der Waals surface area contributed by atoms with Gasteiger partial charge in [-0.2, -0.15) is 0 Å². The Morgan fingerprint density at radius 3 is 2.76 bits per heavy atom. The number of nitrogens with zero attached hydrogens (tertiary/aromatic N) is 2. The highest BCUT2D eigenvalue weighted by molar-refractivity contribution is 5.56. The molecule has 0 saturated carbocycles. The highest BCUT2D eigenvalue weighted by Gasteiger charge is 2.38. The number of aromatic nitrogens is 1. The molecule has 0 bridgehead atoms. The number of aryl methyl sites for hydroxylation is 1. The summed E-state index contributed by atoms with van der Waals surface area (Å²) in [6.45, 7) is 8.62. The quantitative estimate of drug-likeness (QED) is 0.844. The summed E-state index contributed by atoms with van der Waals surface area (Å²) < 4.78 is 5.37. The van der Waals surface area contributed by atoms with Crippen molar-refractivity contribution < 1.29 is 4.52 Å². The van der Waals surface area contributed by atoms with E-state index in [0.717, 1.165) is 30.9 Å². The molecule has 1 aliphatic carbocycles. The summed E-state index contributed by atoms with van der Waals surface area (Å²) in [5.74, 6) is 0. The van der Waals surface area contributed by atoms with Crippen LogP contribution in [-0.2, 0) is 11.8 Å². The van der Waals surface area contributed by atoms with Crippen LogP contribution in [0, 0.1) is 0 Å². The maximum absolute atomic E-state index is 5.37. The SMILES string of the molecule is CCN(CC)c1conc1C1(C)CCCc2ccccc21. The Hall–Kier alpha value is -1.77. The van der Waals surface area contributed by atoms with Crippen LogP contribution in [0.4, 0.5) is 5.69 Å². The van der Waals surface area contributed by atoms with Crippen LogP contribution in [0.3, 0.4) is 0 Å². The first-order valence-electron chi connectivity index (χ1n) is 7.99. The molecule has 2 aromatic rings. The van der Waals surface area contributed by atoms with Gasteiger partial charge in [-0.25, -0.2) is 0 Å². The van der Waals surface area contributed by atoms with E-state index < -0.39 is 0 Å². The van der Waals surface area contributed by atoms with E-state index in [1.54, 1.807) is 0 Å². The molecule has 1 aromatic carbocycles. The fourth-order valence-electron chi connectivity index (χ4n) is 3.69. The first-order chi connectivity index (χ1) is 10.2. The molecule has 3 heteroatoms. The number of rotatable bonds is 4. The molecule has 112 valence electrons. The summed E-state index contributed by atoms with van der Waals surface area (Å²) in [4.78, 5) is 2.33. The third-order valence-corrected chi connectivity index (χ3v) is 4.91. The lowest BCUT2D eigenvalue weighted by Gasteiger charge is -2.36. The third-order valence-electron chi connectivity index (χ3n) is 4.91. The van der Waals surface area contributed by atoms with E-state index in [0.29, 0.717) is 0 Å². The zero-order valence-electron chi connectivity index (χ0n) is 13.2. The van der Waals surface area contributed by atoms with Crippen LogP contribution in [0.15, 0.2) is 35.1 Å². The van der Waals surface area contributed by atoms with E-state index in [4.69, 9.17) is 4.52 Å². The molecule has 0 aliphatic heterocycles. The Morgan fingerprint density at radius 1 is 1.24 bits per heavy atom. The second-order valence-corrected chi connectivity index (χ2v) is 6.06. The van der Waals surface area contributed by atoms with Crippen molar-refractivity contribution in [2.45, 2.75) is 45.4 Å². The van der Waals surface area contributed by atoms with Gasteiger partial charge in [-0.1, -0.05) is 29.4 Å². The summed E-state index contributed by atoms with van der Waals surface area (Å²) in [6, 6.07) is 8.79. The molecular weight excluding hydrogens is 260 g/mol. The van der Waals surface area contributed by atoms with Crippen LogP contribution >= 0.6 is 0 Å². The molecule has 0 fully saturated rings. The minimum atomic E-state index is -0.0419. The fraction of sp³-hybridized carbons (Fsp3) is 0.500. The first-order valence-corrected chi connectivity index (χ1v) is 7.99. The van der Waals surface area contributed by atoms with Crippen LogP contribution < -0.4 is 4.90 Å². The molecule has 0 N–H and O–H groups in total. The van der Waals surface area contributed by atoms with Crippen LogP contribution in [0.1, 0.15) is 50.4 Å². The van der Waals surface area contributed by atoms with Crippen molar-refractivity contribution in [3.05, 3.63) is 47.3 Å². The second-order valence-electron chi connectivity index (χ2n) is 6.06. The van der Waals surface area contributed by atoms with Gasteiger partial charge in [0.05, 0.1) is 0 Å². The minimum Gasteiger partial charge on any atom is -0.368 e. The predicted molar refractivity (Wildman–Crippen MR) is 85.9 cm³/mol. The molecule has 0 spiro atoms. The van der Waals surface area contributed by atoms with Gasteiger partial charge < -0.3 is 9.42 Å². The zero-order chi connectivity index (χ0) is 14.9. The van der Waals surface area contributed by atoms with Crippen molar-refractivity contribution in [1.82, 2.24) is 5.16 Å². The Morgan fingerprint density at radius 2 is 2.00 bits per heavy atom. The van der Waals surface area contributed by atoms with Gasteiger partial charge in [0.15, 0.2) is 0 Å². The normalized spacial score (nSPS) is 21.1. The molecule has 0 saturated heterocycles. The highest BCUT2D eigenvalue weighted by atomic mass is 16.5. The number of fused-ring (bicyclic) bond motifs is 1. The van der Waals surface area contributed by atoms with Crippen molar-refractivity contribution in [2.24, 2.45) is 0 Å². The van der Waals surface area contributed by atoms with E-state index >= 15 is 0 Å². The third kappa shape index (κ3) is 2.25. The lowest BCUT2D eigenvalue weighted by molar-refractivity contribution is 0.376. The van der Waals surface area contributed by atoms with E-state index in [1.165, 1.54) is 24.0 Å². The van der Waals surface area contributed by atoms with Gasteiger partial charge in [-0.3, -0.25) is 0 Å². The first kappa shape index (κ1) is 14.2. The number of benzene rings is 1. The highest BCUT2D eigenvalue weighted by Crippen LogP contribution is 2.44. The average Bonchev–Trinajstić information content (AvgIpc) is 2.99. The topological polar surface area (TPSA) is 29.3 Å². The second kappa shape index (κ2) is 5.55. The molecule has 1 atom stereocenters. The minimum absolute atomic E-state index is 0.0419. The van der Waals surface area contributed by atoms with Gasteiger partial charge in [0, 0.05) is 18.5 Å². The van der Waals surface area contributed by atoms with Crippen molar-refractivity contribution >= 4 is 5.69 Å². The Labute approximate surface area is 126 Å². The monoisotopic (exact) mass is 284 g/mol. The van der Waals surface area contributed by atoms with Crippen molar-refractivity contribution in [3.63, 3.8) is 0 Å². The Bertz CT molecular complexity index is 615. The van der Waals surface area contributed by atoms with Gasteiger partial charge >= 0.3 is 0 Å². The van der Waals surface area contributed by atoms with E-state index in [-0.39, 0.29) is 5.41 Å². The largest absolute Gasteiger partial charge is 0.368 e. The van der Waals surface area contributed by atoms with Crippen molar-refractivity contribution in [1.29, 1.82) is 0 Å². The van der Waals surface area contributed by atoms with E-state index in [2.05, 4.69) is 55.1 Å². The van der Waals surface area contributed by atoms with Crippen molar-refractivity contribution in [2.75, 3.05) is 18.0 Å². The molecule has 21 heavy (non-hydrogen) atoms. The van der Waals surface area contributed by atoms with Crippen LogP contribution in [0.25, 0.3) is 0 Å². The predicted octanol–water partition coefficient (Wildman–Crippen LogP) is 4.16. The maximum atomic E-state index is 5.37. The molecule has 3 rings (SSSR count). The standard InChI is InChI=1S/C18H24N2O/c1-4-20(5-2)16-13-21-19-17(16)18(3)12-8-10-14-9-6-7-11-15(14)18/h6-7,9,11,13H,4-5,8,10,12H2,1-3H3. The van der Waals surface area contributed by atoms with E-state index in [1.807, 2.05) is 6.26 Å². The number of hydrogen-bond donors (Lipinski definition) is 0. The fourth-order valence-corrected chi connectivity index (χ4v) is 3.69. The maximum Gasteiger partial charge on any atom is 0.147 e. The Kier molecular flexibility index (Phi) is 3.75. The summed E-state index contributed by atoms with van der Waals surface area (Å²) in [7, 11) is 0. The Balaban J connectivity index is 2.11. The van der Waals surface area contributed by atoms with Gasteiger partial charge in [-0.15, -0.1) is 0 Å². The smallest absolute Gasteiger partial charge is 0.147 e. The molecule has 1 heterocycles. The molecular formula is C18H24N2O. The summed E-state index contributed by atoms with van der Waals surface area (Å²) in [5, 5.41) is 4.41. The lowest BCUT2D eigenvalue weighted by atomic mass is 9.69. The molecule has 1 aliphatic rings. The van der Waals surface area contributed by atoms with Gasteiger partial charge in [0.25, 0.3) is 0 Å². The summed E-state index contributed by atoms with van der Waals surface area (Å²) in [6.07, 6.45) is 5.32. The van der Waals surface area contributed by atoms with Gasteiger partial charge in [-0.05, 0) is 51.2 Å². The molecule has 0 amide bonds. The summed E-state index contributed by atoms with van der Waals surface area (Å²) in [5.41, 5.74) is 5.08. The van der Waals surface area contributed by atoms with E-state index in [9.17, 15) is 0 Å². The molecule has 1 aromatic heterocycles. The van der Waals surface area contributed by atoms with Crippen LogP contribution in [-0.4, -0.2) is 18.2 Å².